The maximum absolute atomic E-state index is 12.3. The lowest BCUT2D eigenvalue weighted by Crippen LogP contribution is -2.03. The largest absolute Gasteiger partial charge is 0.478 e. The summed E-state index contributed by atoms with van der Waals surface area (Å²) < 4.78 is 24.6. The molecule has 0 fully saturated rings. The van der Waals surface area contributed by atoms with Crippen molar-refractivity contribution >= 4 is 11.9 Å². The van der Waals surface area contributed by atoms with Gasteiger partial charge in [-0.1, -0.05) is 24.3 Å². The van der Waals surface area contributed by atoms with E-state index >= 15 is 0 Å². The van der Waals surface area contributed by atoms with Crippen LogP contribution in [0.15, 0.2) is 66.9 Å². The Hall–Kier alpha value is -3.69. The fourth-order valence-corrected chi connectivity index (χ4v) is 2.01. The van der Waals surface area contributed by atoms with Gasteiger partial charge in [-0.25, -0.2) is 23.4 Å². The maximum atomic E-state index is 12.3. The van der Waals surface area contributed by atoms with E-state index in [2.05, 4.69) is 4.98 Å². The Morgan fingerprint density at radius 1 is 0.800 bits per heavy atom. The molecule has 2 aromatic carbocycles. The molecule has 0 bridgehead atoms. The number of nitrogens with zero attached hydrogens (tertiary/aromatic N) is 1. The van der Waals surface area contributed by atoms with E-state index < -0.39 is 11.9 Å². The van der Waals surface area contributed by atoms with E-state index in [0.29, 0.717) is 13.1 Å². The Labute approximate surface area is 171 Å². The highest BCUT2D eigenvalue weighted by molar-refractivity contribution is 5.92. The third-order valence-corrected chi connectivity index (χ3v) is 3.48. The van der Waals surface area contributed by atoms with E-state index in [0.717, 1.165) is 23.4 Å². The van der Waals surface area contributed by atoms with E-state index in [-0.39, 0.29) is 22.9 Å². The summed E-state index contributed by atoms with van der Waals surface area (Å²) in [6.07, 6.45) is 1.15. The predicted molar refractivity (Wildman–Crippen MR) is 107 cm³/mol. The third-order valence-electron chi connectivity index (χ3n) is 3.48. The quantitative estimate of drug-likeness (QED) is 0.511. The highest BCUT2D eigenvalue weighted by Gasteiger charge is 2.08. The number of benzene rings is 2. The van der Waals surface area contributed by atoms with Gasteiger partial charge in [0.1, 0.15) is 17.3 Å². The first-order valence-corrected chi connectivity index (χ1v) is 8.58. The summed E-state index contributed by atoms with van der Waals surface area (Å²) in [6, 6.07) is 14.8. The van der Waals surface area contributed by atoms with Crippen LogP contribution in [-0.4, -0.2) is 27.1 Å². The molecule has 0 aliphatic carbocycles. The lowest BCUT2D eigenvalue weighted by atomic mass is 10.2. The second kappa shape index (κ2) is 12.7. The fraction of sp³-hybridized carbons (Fsp3) is 0.0952. The van der Waals surface area contributed by atoms with Gasteiger partial charge in [0.25, 0.3) is 0 Å². The van der Waals surface area contributed by atoms with Crippen LogP contribution >= 0.6 is 0 Å². The van der Waals surface area contributed by atoms with E-state index in [1.54, 1.807) is 24.3 Å². The molecule has 3 rings (SSSR count). The van der Waals surface area contributed by atoms with Gasteiger partial charge >= 0.3 is 11.9 Å². The minimum atomic E-state index is -1.24. The lowest BCUT2D eigenvalue weighted by Gasteiger charge is -1.94. The number of hydrogen-bond donors (Lipinski definition) is 4. The number of halogens is 2. The molecule has 0 aliphatic rings. The topological polar surface area (TPSA) is 140 Å². The number of carboxylic acid groups (broad SMARTS) is 2. The molecule has 3 aromatic rings. The van der Waals surface area contributed by atoms with Crippen LogP contribution in [0.1, 0.15) is 32.0 Å². The Kier molecular flexibility index (Phi) is 10.3. The van der Waals surface area contributed by atoms with Gasteiger partial charge in [-0.2, -0.15) is 0 Å². The molecule has 7 nitrogen and oxygen atoms in total. The standard InChI is InChI=1S/2C7H8FN.C7H5NO4/c2*8-7-3-1-2-6(4-7)5-9;9-6(10)4-1-2-8-5(3-4)7(11)12/h2*1-4H,5,9H2;1-3H,(H,9,10)(H,11,12). The zero-order valence-corrected chi connectivity index (χ0v) is 15.8. The zero-order chi connectivity index (χ0) is 22.5. The van der Waals surface area contributed by atoms with E-state index in [9.17, 15) is 18.4 Å². The minimum Gasteiger partial charge on any atom is -0.478 e. The molecule has 0 unspecified atom stereocenters. The van der Waals surface area contributed by atoms with Gasteiger partial charge in [-0.05, 0) is 47.5 Å². The highest BCUT2D eigenvalue weighted by atomic mass is 19.1. The molecule has 0 saturated carbocycles. The smallest absolute Gasteiger partial charge is 0.354 e. The molecule has 30 heavy (non-hydrogen) atoms. The van der Waals surface area contributed by atoms with Gasteiger partial charge in [-0.15, -0.1) is 0 Å². The highest BCUT2D eigenvalue weighted by Crippen LogP contribution is 2.02. The molecule has 0 saturated heterocycles. The van der Waals surface area contributed by atoms with Crippen molar-refractivity contribution in [1.29, 1.82) is 0 Å². The van der Waals surface area contributed by atoms with E-state index in [1.807, 2.05) is 0 Å². The monoisotopic (exact) mass is 417 g/mol. The van der Waals surface area contributed by atoms with Crippen molar-refractivity contribution in [3.05, 3.63) is 101 Å². The summed E-state index contributed by atoms with van der Waals surface area (Å²) in [5.74, 6) is -2.85. The van der Waals surface area contributed by atoms with Crippen LogP contribution in [-0.2, 0) is 13.1 Å². The van der Waals surface area contributed by atoms with Gasteiger partial charge in [-0.3, -0.25) is 0 Å². The first-order chi connectivity index (χ1) is 14.3. The summed E-state index contributed by atoms with van der Waals surface area (Å²) >= 11 is 0. The minimum absolute atomic E-state index is 0.0811. The maximum Gasteiger partial charge on any atom is 0.354 e. The normalized spacial score (nSPS) is 9.47. The Morgan fingerprint density at radius 3 is 1.63 bits per heavy atom. The molecule has 158 valence electrons. The number of carbonyl (C=O) groups is 2. The van der Waals surface area contributed by atoms with Crippen LogP contribution in [0.25, 0.3) is 0 Å². The van der Waals surface area contributed by atoms with Crippen molar-refractivity contribution in [3.8, 4) is 0 Å². The number of rotatable bonds is 4. The van der Waals surface area contributed by atoms with Crippen LogP contribution in [0, 0.1) is 11.6 Å². The molecule has 0 aliphatic heterocycles. The van der Waals surface area contributed by atoms with Gasteiger partial charge < -0.3 is 21.7 Å². The van der Waals surface area contributed by atoms with Crippen LogP contribution in [0.5, 0.6) is 0 Å². The number of pyridine rings is 1. The Bertz CT molecular complexity index is 909. The average Bonchev–Trinajstić information content (AvgIpc) is 2.74. The van der Waals surface area contributed by atoms with Crippen molar-refractivity contribution < 1.29 is 28.6 Å². The number of hydrogen-bond acceptors (Lipinski definition) is 5. The number of carboxylic acids is 2. The molecule has 0 spiro atoms. The van der Waals surface area contributed by atoms with Crippen LogP contribution in [0.4, 0.5) is 8.78 Å². The second-order valence-corrected chi connectivity index (χ2v) is 5.71. The van der Waals surface area contributed by atoms with Crippen molar-refractivity contribution in [2.75, 3.05) is 0 Å². The molecule has 6 N–H and O–H groups in total. The Balaban J connectivity index is 0.000000229. The summed E-state index contributed by atoms with van der Waals surface area (Å²) in [7, 11) is 0. The summed E-state index contributed by atoms with van der Waals surface area (Å²) in [5, 5.41) is 16.9. The predicted octanol–water partition coefficient (Wildman–Crippen LogP) is 3.05. The SMILES string of the molecule is NCc1cccc(F)c1.NCc1cccc(F)c1.O=C(O)c1ccnc(C(=O)O)c1. The molecule has 0 radical (unpaired) electrons. The molecule has 0 atom stereocenters. The molecular weight excluding hydrogens is 396 g/mol. The fourth-order valence-electron chi connectivity index (χ4n) is 2.01. The van der Waals surface area contributed by atoms with Gasteiger partial charge in [0.15, 0.2) is 0 Å². The number of nitrogens with two attached hydrogens (primary N) is 2. The summed E-state index contributed by atoms with van der Waals surface area (Å²) in [5.41, 5.74) is 11.8. The molecule has 1 aromatic heterocycles. The molecule has 9 heteroatoms. The first-order valence-electron chi connectivity index (χ1n) is 8.58. The van der Waals surface area contributed by atoms with Gasteiger partial charge in [0, 0.05) is 19.3 Å². The summed E-state index contributed by atoms with van der Waals surface area (Å²) in [4.78, 5) is 24.1. The van der Waals surface area contributed by atoms with Gasteiger partial charge in [0.05, 0.1) is 5.56 Å². The van der Waals surface area contributed by atoms with Crippen LogP contribution in [0.3, 0.4) is 0 Å². The number of aromatic carboxylic acids is 2. The first kappa shape index (κ1) is 24.3. The second-order valence-electron chi connectivity index (χ2n) is 5.71. The van der Waals surface area contributed by atoms with Crippen molar-refractivity contribution in [2.24, 2.45) is 11.5 Å². The third kappa shape index (κ3) is 9.00. The summed E-state index contributed by atoms with van der Waals surface area (Å²) in [6.45, 7) is 0.801. The molecule has 0 amide bonds. The van der Waals surface area contributed by atoms with Crippen LogP contribution < -0.4 is 11.5 Å². The lowest BCUT2D eigenvalue weighted by molar-refractivity contribution is 0.0690. The Morgan fingerprint density at radius 2 is 1.30 bits per heavy atom. The van der Waals surface area contributed by atoms with Crippen molar-refractivity contribution in [2.45, 2.75) is 13.1 Å². The average molecular weight is 417 g/mol. The van der Waals surface area contributed by atoms with Crippen LogP contribution in [0.2, 0.25) is 0 Å². The van der Waals surface area contributed by atoms with Crippen molar-refractivity contribution in [1.82, 2.24) is 4.98 Å². The van der Waals surface area contributed by atoms with Gasteiger partial charge in [0.2, 0.25) is 0 Å². The molecular formula is C21H21F2N3O4. The molecule has 1 heterocycles. The van der Waals surface area contributed by atoms with E-state index in [4.69, 9.17) is 21.7 Å². The van der Waals surface area contributed by atoms with E-state index in [1.165, 1.54) is 30.3 Å². The number of aromatic nitrogens is 1. The van der Waals surface area contributed by atoms with Crippen molar-refractivity contribution in [3.63, 3.8) is 0 Å². The zero-order valence-electron chi connectivity index (χ0n) is 15.8.